The molecule has 4 heterocycles. The molecule has 4 rings (SSSR count). The van der Waals surface area contributed by atoms with E-state index in [4.69, 9.17) is 0 Å². The second-order valence-electron chi connectivity index (χ2n) is 7.83. The zero-order valence-electron chi connectivity index (χ0n) is 15.3. The molecule has 2 saturated heterocycles. The summed E-state index contributed by atoms with van der Waals surface area (Å²) in [5.74, 6) is 0.764. The molecule has 2 fully saturated rings. The lowest BCUT2D eigenvalue weighted by atomic mass is 9.91. The first-order valence-electron chi connectivity index (χ1n) is 9.58. The van der Waals surface area contributed by atoms with Crippen LogP contribution >= 0.6 is 0 Å². The van der Waals surface area contributed by atoms with E-state index >= 15 is 0 Å². The minimum atomic E-state index is 0.595. The summed E-state index contributed by atoms with van der Waals surface area (Å²) in [6.07, 6.45) is 8.43. The van der Waals surface area contributed by atoms with Gasteiger partial charge >= 0.3 is 0 Å². The summed E-state index contributed by atoms with van der Waals surface area (Å²) in [6, 6.07) is 10.2. The van der Waals surface area contributed by atoms with Crippen molar-refractivity contribution >= 4 is 0 Å². The van der Waals surface area contributed by atoms with Gasteiger partial charge in [-0.3, -0.25) is 19.5 Å². The Kier molecular flexibility index (Phi) is 4.86. The van der Waals surface area contributed by atoms with E-state index in [1.165, 1.54) is 31.6 Å². The van der Waals surface area contributed by atoms with Gasteiger partial charge < -0.3 is 0 Å². The highest BCUT2D eigenvalue weighted by molar-refractivity contribution is 5.05. The maximum Gasteiger partial charge on any atom is 0.0565 e. The Morgan fingerprint density at radius 3 is 2.84 bits per heavy atom. The molecule has 5 nitrogen and oxygen atoms in total. The first kappa shape index (κ1) is 16.7. The van der Waals surface area contributed by atoms with Gasteiger partial charge in [0.25, 0.3) is 0 Å². The van der Waals surface area contributed by atoms with E-state index in [2.05, 4.69) is 56.7 Å². The maximum atomic E-state index is 4.50. The second-order valence-corrected chi connectivity index (χ2v) is 7.83. The Morgan fingerprint density at radius 1 is 1.20 bits per heavy atom. The summed E-state index contributed by atoms with van der Waals surface area (Å²) >= 11 is 0. The van der Waals surface area contributed by atoms with Crippen LogP contribution in [0.1, 0.15) is 32.4 Å². The van der Waals surface area contributed by atoms with Crippen LogP contribution in [-0.2, 0) is 13.1 Å². The average Bonchev–Trinajstić information content (AvgIpc) is 3.23. The molecule has 2 aliphatic heterocycles. The summed E-state index contributed by atoms with van der Waals surface area (Å²) in [5.41, 5.74) is 1.19. The largest absolute Gasteiger partial charge is 0.297 e. The Hall–Kier alpha value is -1.72. The van der Waals surface area contributed by atoms with Gasteiger partial charge in [-0.25, -0.2) is 0 Å². The molecule has 0 amide bonds. The molecule has 2 aromatic heterocycles. The number of rotatable bonds is 5. The van der Waals surface area contributed by atoms with Gasteiger partial charge in [-0.05, 0) is 50.8 Å². The molecule has 0 unspecified atom stereocenters. The first-order valence-corrected chi connectivity index (χ1v) is 9.58. The standard InChI is InChI=1S/C20H29N5/c1-16(2)25-19(15-24-10-5-9-22-24)12-17-13-23(11-7-20(17)25)14-18-6-3-4-8-21-18/h3-6,8-10,16-17,19-20H,7,11-15H2,1-2H3/t17-,19+,20+/m1/s1. The topological polar surface area (TPSA) is 37.2 Å². The van der Waals surface area contributed by atoms with Gasteiger partial charge in [0, 0.05) is 56.4 Å². The number of likely N-dealkylation sites (tertiary alicyclic amines) is 2. The summed E-state index contributed by atoms with van der Waals surface area (Å²) in [4.78, 5) is 9.87. The lowest BCUT2D eigenvalue weighted by molar-refractivity contribution is 0.0714. The van der Waals surface area contributed by atoms with E-state index in [0.29, 0.717) is 12.1 Å². The van der Waals surface area contributed by atoms with Crippen LogP contribution in [0.2, 0.25) is 0 Å². The third kappa shape index (κ3) is 3.62. The lowest BCUT2D eigenvalue weighted by Crippen LogP contribution is -2.49. The van der Waals surface area contributed by atoms with Crippen molar-refractivity contribution in [3.8, 4) is 0 Å². The SMILES string of the molecule is CC(C)N1[C@H](Cn2cccn2)C[C@@H]2CN(Cc3ccccn3)CC[C@@H]21. The Balaban J connectivity index is 1.43. The zero-order valence-corrected chi connectivity index (χ0v) is 15.3. The van der Waals surface area contributed by atoms with Crippen molar-refractivity contribution < 1.29 is 0 Å². The van der Waals surface area contributed by atoms with Crippen molar-refractivity contribution in [2.45, 2.75) is 57.9 Å². The normalized spacial score (nSPS) is 27.7. The molecule has 0 saturated carbocycles. The van der Waals surface area contributed by atoms with Gasteiger partial charge in [-0.15, -0.1) is 0 Å². The molecule has 25 heavy (non-hydrogen) atoms. The lowest BCUT2D eigenvalue weighted by Gasteiger charge is -2.40. The molecule has 0 aromatic carbocycles. The minimum Gasteiger partial charge on any atom is -0.297 e. The zero-order chi connectivity index (χ0) is 17.2. The van der Waals surface area contributed by atoms with Crippen molar-refractivity contribution in [1.82, 2.24) is 24.6 Å². The molecule has 0 aliphatic carbocycles. The molecule has 0 radical (unpaired) electrons. The van der Waals surface area contributed by atoms with Crippen LogP contribution in [0.3, 0.4) is 0 Å². The summed E-state index contributed by atoms with van der Waals surface area (Å²) in [6.45, 7) is 9.06. The van der Waals surface area contributed by atoms with Gasteiger partial charge in [-0.2, -0.15) is 5.10 Å². The van der Waals surface area contributed by atoms with Crippen LogP contribution in [0.15, 0.2) is 42.9 Å². The van der Waals surface area contributed by atoms with Gasteiger partial charge in [0.2, 0.25) is 0 Å². The number of piperidine rings is 1. The summed E-state index contributed by atoms with van der Waals surface area (Å²) < 4.78 is 2.10. The van der Waals surface area contributed by atoms with E-state index in [1.54, 1.807) is 0 Å². The van der Waals surface area contributed by atoms with Crippen LogP contribution < -0.4 is 0 Å². The van der Waals surface area contributed by atoms with Gasteiger partial charge in [0.1, 0.15) is 0 Å². The number of pyridine rings is 1. The third-order valence-corrected chi connectivity index (χ3v) is 5.82. The molecular formula is C20H29N5. The molecule has 0 bridgehead atoms. The maximum absolute atomic E-state index is 4.50. The minimum absolute atomic E-state index is 0.595. The molecule has 3 atom stereocenters. The van der Waals surface area contributed by atoms with E-state index < -0.39 is 0 Å². The monoisotopic (exact) mass is 339 g/mol. The molecule has 0 spiro atoms. The smallest absolute Gasteiger partial charge is 0.0565 e. The highest BCUT2D eigenvalue weighted by Crippen LogP contribution is 2.37. The Bertz CT molecular complexity index is 654. The molecular weight excluding hydrogens is 310 g/mol. The number of fused-ring (bicyclic) bond motifs is 1. The van der Waals surface area contributed by atoms with E-state index in [9.17, 15) is 0 Å². The van der Waals surface area contributed by atoms with Crippen LogP contribution in [0.5, 0.6) is 0 Å². The predicted molar refractivity (Wildman–Crippen MR) is 99.0 cm³/mol. The molecule has 2 aromatic rings. The van der Waals surface area contributed by atoms with Crippen molar-refractivity contribution in [3.05, 3.63) is 48.5 Å². The molecule has 5 heteroatoms. The fraction of sp³-hybridized carbons (Fsp3) is 0.600. The van der Waals surface area contributed by atoms with E-state index in [0.717, 1.165) is 25.0 Å². The van der Waals surface area contributed by atoms with E-state index in [1.807, 2.05) is 24.5 Å². The highest BCUT2D eigenvalue weighted by atomic mass is 15.3. The van der Waals surface area contributed by atoms with Gasteiger partial charge in [-0.1, -0.05) is 6.07 Å². The predicted octanol–water partition coefficient (Wildman–Crippen LogP) is 2.65. The average molecular weight is 339 g/mol. The number of hydrogen-bond donors (Lipinski definition) is 0. The fourth-order valence-electron chi connectivity index (χ4n) is 4.92. The quantitative estimate of drug-likeness (QED) is 0.839. The van der Waals surface area contributed by atoms with Crippen molar-refractivity contribution in [1.29, 1.82) is 0 Å². The Labute approximate surface area is 150 Å². The first-order chi connectivity index (χ1) is 12.2. The van der Waals surface area contributed by atoms with E-state index in [-0.39, 0.29) is 0 Å². The van der Waals surface area contributed by atoms with Crippen LogP contribution in [0.25, 0.3) is 0 Å². The highest BCUT2D eigenvalue weighted by Gasteiger charge is 2.44. The summed E-state index contributed by atoms with van der Waals surface area (Å²) in [7, 11) is 0. The summed E-state index contributed by atoms with van der Waals surface area (Å²) in [5, 5.41) is 4.43. The van der Waals surface area contributed by atoms with Crippen LogP contribution in [0, 0.1) is 5.92 Å². The number of hydrogen-bond acceptors (Lipinski definition) is 4. The fourth-order valence-corrected chi connectivity index (χ4v) is 4.92. The number of nitrogens with zero attached hydrogens (tertiary/aromatic N) is 5. The Morgan fingerprint density at radius 2 is 2.12 bits per heavy atom. The van der Waals surface area contributed by atoms with Crippen LogP contribution in [0.4, 0.5) is 0 Å². The van der Waals surface area contributed by atoms with Crippen molar-refractivity contribution in [2.75, 3.05) is 13.1 Å². The molecule has 2 aliphatic rings. The molecule has 0 N–H and O–H groups in total. The van der Waals surface area contributed by atoms with Crippen molar-refractivity contribution in [3.63, 3.8) is 0 Å². The number of aromatic nitrogens is 3. The molecule has 134 valence electrons. The van der Waals surface area contributed by atoms with Gasteiger partial charge in [0.05, 0.1) is 12.2 Å². The third-order valence-electron chi connectivity index (χ3n) is 5.82. The van der Waals surface area contributed by atoms with Gasteiger partial charge in [0.15, 0.2) is 0 Å². The second kappa shape index (κ2) is 7.26. The van der Waals surface area contributed by atoms with Crippen LogP contribution in [-0.4, -0.2) is 55.8 Å². The van der Waals surface area contributed by atoms with Crippen molar-refractivity contribution in [2.24, 2.45) is 5.92 Å².